The van der Waals surface area contributed by atoms with Crippen molar-refractivity contribution in [2.45, 2.75) is 127 Å². The summed E-state index contributed by atoms with van der Waals surface area (Å²) in [6, 6.07) is 14.6. The molecule has 1 aliphatic heterocycles. The molecular weight excluding hydrogens is 905 g/mol. The molecule has 70 heavy (non-hydrogen) atoms. The fourth-order valence-electron chi connectivity index (χ4n) is 8.86. The fourth-order valence-corrected chi connectivity index (χ4v) is 8.86. The Morgan fingerprint density at radius 1 is 0.500 bits per heavy atom. The molecule has 8 amide bonds. The molecular formula is C50H68N8O12. The van der Waals surface area contributed by atoms with Gasteiger partial charge in [-0.3, -0.25) is 47.9 Å². The van der Waals surface area contributed by atoms with Crippen LogP contribution in [-0.2, 0) is 70.6 Å². The van der Waals surface area contributed by atoms with E-state index in [1.54, 1.807) is 48.5 Å². The van der Waals surface area contributed by atoms with Crippen LogP contribution in [0.1, 0.15) is 101 Å². The van der Waals surface area contributed by atoms with E-state index in [9.17, 15) is 47.9 Å². The number of esters is 2. The first-order chi connectivity index (χ1) is 33.7. The third-order valence-corrected chi connectivity index (χ3v) is 12.7. The van der Waals surface area contributed by atoms with Crippen molar-refractivity contribution in [2.24, 2.45) is 0 Å². The van der Waals surface area contributed by atoms with E-state index in [-0.39, 0.29) is 51.0 Å². The number of amides is 8. The van der Waals surface area contributed by atoms with Crippen molar-refractivity contribution in [3.05, 3.63) is 71.8 Å². The highest BCUT2D eigenvalue weighted by molar-refractivity contribution is 5.96. The summed E-state index contributed by atoms with van der Waals surface area (Å²) < 4.78 is 10.8. The first kappa shape index (κ1) is 54.1. The summed E-state index contributed by atoms with van der Waals surface area (Å²) in [5.74, 6) is -6.76. The van der Waals surface area contributed by atoms with Crippen molar-refractivity contribution in [3.8, 4) is 0 Å². The summed E-state index contributed by atoms with van der Waals surface area (Å²) >= 11 is 0. The highest BCUT2D eigenvalue weighted by Crippen LogP contribution is 2.24. The maximum absolute atomic E-state index is 14.0. The number of carbonyl (C=O) groups is 10. The Labute approximate surface area is 408 Å². The number of rotatable bonds is 12. The predicted molar refractivity (Wildman–Crippen MR) is 253 cm³/mol. The number of benzene rings is 2. The van der Waals surface area contributed by atoms with Crippen LogP contribution in [0.15, 0.2) is 60.7 Å². The number of ether oxygens (including phenoxy) is 2. The van der Waals surface area contributed by atoms with Crippen molar-refractivity contribution in [1.82, 2.24) is 40.9 Å². The van der Waals surface area contributed by atoms with Gasteiger partial charge in [-0.2, -0.15) is 0 Å². The van der Waals surface area contributed by atoms with Gasteiger partial charge in [0.15, 0.2) is 0 Å². The standard InChI is InChI=1S/C50H68N8O12/c1-55-29-41(59)51-27-45(63)58(38-21-13-6-14-22-38)32-44(62)54-40(24-26-48(66)70-34-36-17-9-4-10-18-36)50(68)56(2)30-42(60)52-28-46(64)57(37-19-11-5-12-20-37)31-43(61)53-39(49(55)67)23-25-47(65)69-33-35-15-7-3-8-16-35/h3-4,7-10,15-18,37-40H,5-6,11-14,19-34H2,1-2H3,(H,51,59)(H,52,60)(H,53,61)(H,54,62). The highest BCUT2D eigenvalue weighted by Gasteiger charge is 2.34. The zero-order chi connectivity index (χ0) is 50.4. The molecule has 2 atom stereocenters. The van der Waals surface area contributed by atoms with E-state index < -0.39 is 111 Å². The molecule has 3 fully saturated rings. The molecule has 20 nitrogen and oxygen atoms in total. The summed E-state index contributed by atoms with van der Waals surface area (Å²) in [6.45, 7) is -3.15. The number of likely N-dealkylation sites (N-methyl/N-ethyl adjacent to an activating group) is 2. The van der Waals surface area contributed by atoms with Gasteiger partial charge in [0, 0.05) is 39.0 Å². The van der Waals surface area contributed by atoms with Crippen LogP contribution >= 0.6 is 0 Å². The molecule has 20 heteroatoms. The average Bonchev–Trinajstić information content (AvgIpc) is 3.37. The van der Waals surface area contributed by atoms with Crippen LogP contribution in [0.2, 0.25) is 0 Å². The molecule has 0 radical (unpaired) electrons. The largest absolute Gasteiger partial charge is 0.461 e. The Bertz CT molecular complexity index is 1980. The topological polar surface area (TPSA) is 250 Å². The molecule has 380 valence electrons. The molecule has 0 spiro atoms. The van der Waals surface area contributed by atoms with Crippen LogP contribution in [0.25, 0.3) is 0 Å². The Balaban J connectivity index is 1.36. The van der Waals surface area contributed by atoms with E-state index in [1.165, 1.54) is 23.9 Å². The van der Waals surface area contributed by atoms with E-state index in [0.717, 1.165) is 59.5 Å². The summed E-state index contributed by atoms with van der Waals surface area (Å²) in [4.78, 5) is 141. The molecule has 2 aromatic carbocycles. The third kappa shape index (κ3) is 17.9. The molecule has 4 N–H and O–H groups in total. The van der Waals surface area contributed by atoms with Gasteiger partial charge in [0.2, 0.25) is 47.3 Å². The number of hydrogen-bond donors (Lipinski definition) is 4. The molecule has 2 aromatic rings. The molecule has 0 bridgehead atoms. The van der Waals surface area contributed by atoms with Gasteiger partial charge < -0.3 is 50.3 Å². The molecule has 5 rings (SSSR count). The van der Waals surface area contributed by atoms with Crippen LogP contribution < -0.4 is 21.3 Å². The SMILES string of the molecule is CN1CC(=O)NCC(=O)N(C2CCCCC2)CC(=O)NC(CCC(=O)OCc2ccccc2)C(=O)N(C)CC(=O)NCC(=O)N(C2CCCCC2)CC(=O)NC(CCC(=O)OCc2ccccc2)C1=O. The van der Waals surface area contributed by atoms with E-state index in [1.807, 2.05) is 12.1 Å². The number of nitrogens with one attached hydrogen (secondary N) is 4. The smallest absolute Gasteiger partial charge is 0.306 e. The Morgan fingerprint density at radius 2 is 0.857 bits per heavy atom. The lowest BCUT2D eigenvalue weighted by atomic mass is 9.94. The van der Waals surface area contributed by atoms with Crippen LogP contribution in [0.3, 0.4) is 0 Å². The quantitative estimate of drug-likeness (QED) is 0.221. The molecule has 2 saturated carbocycles. The molecule has 1 heterocycles. The summed E-state index contributed by atoms with van der Waals surface area (Å²) in [5.41, 5.74) is 1.50. The lowest BCUT2D eigenvalue weighted by Crippen LogP contribution is -2.56. The van der Waals surface area contributed by atoms with Crippen molar-refractivity contribution in [3.63, 3.8) is 0 Å². The lowest BCUT2D eigenvalue weighted by Gasteiger charge is -2.35. The van der Waals surface area contributed by atoms with Gasteiger partial charge in [0.25, 0.3) is 0 Å². The lowest BCUT2D eigenvalue weighted by molar-refractivity contribution is -0.147. The minimum atomic E-state index is -1.33. The second-order valence-corrected chi connectivity index (χ2v) is 18.2. The third-order valence-electron chi connectivity index (χ3n) is 12.7. The van der Waals surface area contributed by atoms with Gasteiger partial charge in [-0.15, -0.1) is 0 Å². The van der Waals surface area contributed by atoms with E-state index in [0.29, 0.717) is 25.7 Å². The summed E-state index contributed by atoms with van der Waals surface area (Å²) in [6.07, 6.45) is 6.42. The summed E-state index contributed by atoms with van der Waals surface area (Å²) in [5, 5.41) is 10.4. The first-order valence-electron chi connectivity index (χ1n) is 24.3. The molecule has 2 aliphatic carbocycles. The van der Waals surface area contributed by atoms with Gasteiger partial charge in [0.05, 0.1) is 39.3 Å². The zero-order valence-electron chi connectivity index (χ0n) is 40.3. The monoisotopic (exact) mass is 972 g/mol. The second-order valence-electron chi connectivity index (χ2n) is 18.2. The minimum Gasteiger partial charge on any atom is -0.461 e. The van der Waals surface area contributed by atoms with Gasteiger partial charge in [0.1, 0.15) is 25.3 Å². The van der Waals surface area contributed by atoms with Crippen LogP contribution in [0.5, 0.6) is 0 Å². The first-order valence-corrected chi connectivity index (χ1v) is 24.3. The molecule has 2 unspecified atom stereocenters. The van der Waals surface area contributed by atoms with Crippen molar-refractivity contribution >= 4 is 59.2 Å². The molecule has 3 aliphatic rings. The molecule has 1 saturated heterocycles. The number of nitrogens with zero attached hydrogens (tertiary/aromatic N) is 4. The van der Waals surface area contributed by atoms with Crippen molar-refractivity contribution < 1.29 is 57.4 Å². The van der Waals surface area contributed by atoms with Crippen LogP contribution in [-0.4, -0.2) is 156 Å². The second kappa shape index (κ2) is 28.0. The van der Waals surface area contributed by atoms with E-state index in [4.69, 9.17) is 9.47 Å². The Hall–Kier alpha value is -6.86. The normalized spacial score (nSPS) is 21.0. The maximum Gasteiger partial charge on any atom is 0.306 e. The highest BCUT2D eigenvalue weighted by atomic mass is 16.5. The minimum absolute atomic E-state index is 0.0116. The number of carbonyl (C=O) groups excluding carboxylic acids is 10. The molecule has 0 aromatic heterocycles. The zero-order valence-corrected chi connectivity index (χ0v) is 40.3. The van der Waals surface area contributed by atoms with Crippen molar-refractivity contribution in [1.29, 1.82) is 0 Å². The summed E-state index contributed by atoms with van der Waals surface area (Å²) in [7, 11) is 2.66. The van der Waals surface area contributed by atoms with E-state index in [2.05, 4.69) is 21.3 Å². The Morgan fingerprint density at radius 3 is 1.21 bits per heavy atom. The maximum atomic E-state index is 14.0. The van der Waals surface area contributed by atoms with Gasteiger partial charge in [-0.05, 0) is 49.7 Å². The van der Waals surface area contributed by atoms with E-state index >= 15 is 0 Å². The Kier molecular flexibility index (Phi) is 21.6. The van der Waals surface area contributed by atoms with Crippen LogP contribution in [0.4, 0.5) is 0 Å². The van der Waals surface area contributed by atoms with Gasteiger partial charge >= 0.3 is 11.9 Å². The van der Waals surface area contributed by atoms with Crippen molar-refractivity contribution in [2.75, 3.05) is 53.4 Å². The number of hydrogen-bond acceptors (Lipinski definition) is 12. The van der Waals surface area contributed by atoms with Gasteiger partial charge in [-0.25, -0.2) is 0 Å². The van der Waals surface area contributed by atoms with Gasteiger partial charge in [-0.1, -0.05) is 99.2 Å². The van der Waals surface area contributed by atoms with Crippen LogP contribution in [0, 0.1) is 0 Å². The average molecular weight is 973 g/mol. The fraction of sp³-hybridized carbons (Fsp3) is 0.560. The predicted octanol–water partition coefficient (Wildman–Crippen LogP) is 1.49.